The number of β-amino-alcohol motifs (C(OH)–C–C–N with tert-alkyl or cyclic N) is 3. The van der Waals surface area contributed by atoms with E-state index in [9.17, 15) is 79.4 Å². The maximum Gasteiger partial charge on any atom is 0.416 e. The smallest absolute Gasteiger partial charge is 0.416 e. The first-order valence-corrected chi connectivity index (χ1v) is 48.5. The van der Waals surface area contributed by atoms with Crippen molar-refractivity contribution >= 4 is 126 Å². The normalized spacial score (nSPS) is 20.5. The molecule has 9 heterocycles. The number of aliphatic hydroxyl groups is 6. The van der Waals surface area contributed by atoms with E-state index in [2.05, 4.69) is 102 Å². The number of aliphatic hydroxyl groups excluding tert-OH is 6. The van der Waals surface area contributed by atoms with Crippen molar-refractivity contribution in [1.82, 2.24) is 58.7 Å². The molecule has 3 aromatic carbocycles. The highest BCUT2D eigenvalue weighted by molar-refractivity contribution is 9.10. The zero-order valence-corrected chi connectivity index (χ0v) is 73.8. The van der Waals surface area contributed by atoms with Crippen LogP contribution in [0, 0.1) is 17.8 Å². The summed E-state index contributed by atoms with van der Waals surface area (Å²) >= 11 is 2.88. The van der Waals surface area contributed by atoms with Gasteiger partial charge in [-0.05, 0) is 149 Å². The van der Waals surface area contributed by atoms with Gasteiger partial charge in [-0.3, -0.25) is 33.1 Å². The van der Waals surface area contributed by atoms with E-state index >= 15 is 0 Å². The SMILES string of the molecule is COC(=O)C(Br)CO.COC(=O)C(CO)N1CC[C@@H](Cn2ccc3c(N(Cc4ccc(C(F)(F)F)cc4)C4CC4)ncnc32)[C@H](O)C1.NC(=O)C(CO)N1CC[C@@H](Cn2ccc3c(N(Cc4ccc(C(F)(F)F)cc4)C4CC4)ncnc32)[C@H](O)C1.O[C@@H]1CNCC[C@H]1Cn1ccc2c(N(Cc3ccc(C(F)(F)F)cc3)C3CC3)ncnc21.P[P-]P(P)P. The second-order valence-corrected chi connectivity index (χ2v) is 44.9. The van der Waals surface area contributed by atoms with Crippen molar-refractivity contribution in [2.75, 3.05) is 88.0 Å². The molecule has 42 heteroatoms. The van der Waals surface area contributed by atoms with Crippen LogP contribution in [-0.2, 0) is 81.7 Å². The lowest BCUT2D eigenvalue weighted by atomic mass is 9.92. The Morgan fingerprint density at radius 3 is 1.11 bits per heavy atom. The number of alkyl halides is 10. The molecule has 122 heavy (non-hydrogen) atoms. The lowest BCUT2D eigenvalue weighted by Crippen LogP contribution is -2.54. The minimum absolute atomic E-state index is 0.0841. The number of rotatable bonds is 27. The lowest BCUT2D eigenvalue weighted by molar-refractivity contribution is -0.151. The van der Waals surface area contributed by atoms with Gasteiger partial charge in [0.15, 0.2) is 0 Å². The van der Waals surface area contributed by atoms with Crippen LogP contribution in [0.25, 0.3) is 33.1 Å². The van der Waals surface area contributed by atoms with Crippen LogP contribution in [0.15, 0.2) is 129 Å². The van der Waals surface area contributed by atoms with E-state index in [-0.39, 0.29) is 69.2 Å². The number of anilines is 3. The van der Waals surface area contributed by atoms with E-state index in [0.717, 1.165) is 149 Å². The third-order valence-corrected chi connectivity index (χ3v) is 33.8. The van der Waals surface area contributed by atoms with Crippen LogP contribution >= 0.6 is 57.7 Å². The summed E-state index contributed by atoms with van der Waals surface area (Å²) in [6.45, 7) is 5.28. The van der Waals surface area contributed by atoms with E-state index in [1.807, 2.05) is 45.9 Å². The van der Waals surface area contributed by atoms with Gasteiger partial charge in [0.25, 0.3) is 0 Å². The average Bonchev–Trinajstić information content (AvgIpc) is 1.63. The summed E-state index contributed by atoms with van der Waals surface area (Å²) in [5, 5.41) is 65.2. The molecule has 9 aromatic rings. The highest BCUT2D eigenvalue weighted by Gasteiger charge is 2.41. The second kappa shape index (κ2) is 43.4. The fourth-order valence-corrected chi connectivity index (χ4v) is 15.5. The van der Waals surface area contributed by atoms with Crippen LogP contribution in [0.4, 0.5) is 57.0 Å². The highest BCUT2D eigenvalue weighted by atomic mass is 79.9. The number of carbonyl (C=O) groups is 3. The predicted octanol–water partition coefficient (Wildman–Crippen LogP) is 11.2. The lowest BCUT2D eigenvalue weighted by Gasteiger charge is -2.38. The van der Waals surface area contributed by atoms with Crippen molar-refractivity contribution in [1.29, 1.82) is 0 Å². The number of amides is 1. The first kappa shape index (κ1) is 95.6. The Kier molecular flexibility index (Phi) is 34.1. The number of fused-ring (bicyclic) bond motifs is 3. The molecule has 664 valence electrons. The van der Waals surface area contributed by atoms with E-state index < -0.39 is 88.8 Å². The minimum Gasteiger partial charge on any atom is -0.474 e. The maximum atomic E-state index is 13.0. The van der Waals surface area contributed by atoms with Crippen molar-refractivity contribution in [2.24, 2.45) is 23.5 Å². The van der Waals surface area contributed by atoms with Gasteiger partial charge in [-0.15, -0.1) is 17.9 Å². The quantitative estimate of drug-likeness (QED) is 0.0103. The highest BCUT2D eigenvalue weighted by Crippen LogP contribution is 2.71. The Labute approximate surface area is 717 Å². The van der Waals surface area contributed by atoms with Crippen LogP contribution < -0.4 is 25.8 Å². The van der Waals surface area contributed by atoms with Gasteiger partial charge >= 0.3 is 30.5 Å². The fourth-order valence-electron chi connectivity index (χ4n) is 15.3. The van der Waals surface area contributed by atoms with Gasteiger partial charge in [-0.25, -0.2) is 36.9 Å². The number of hydrogen-bond acceptors (Lipinski definition) is 23. The van der Waals surface area contributed by atoms with Crippen LogP contribution in [0.5, 0.6) is 0 Å². The minimum atomic E-state index is -4.37. The molecule has 0 radical (unpaired) electrons. The topological polar surface area (TPSA) is 337 Å². The number of esters is 2. The molecule has 6 fully saturated rings. The monoisotopic (exact) mass is 1870 g/mol. The molecule has 6 aliphatic rings. The van der Waals surface area contributed by atoms with Gasteiger partial charge in [0.05, 0.1) is 85.2 Å². The Hall–Kier alpha value is -7.03. The number of carbonyl (C=O) groups excluding carboxylic acids is 3. The van der Waals surface area contributed by atoms with Crippen molar-refractivity contribution in [2.45, 2.75) is 169 Å². The van der Waals surface area contributed by atoms with Crippen LogP contribution in [0.1, 0.15) is 91.2 Å². The first-order chi connectivity index (χ1) is 58.2. The molecule has 3 saturated carbocycles. The summed E-state index contributed by atoms with van der Waals surface area (Å²) in [6, 6.07) is 20.9. The number of nitrogens with two attached hydrogens (primary N) is 1. The number of aromatic nitrogens is 9. The zero-order valence-electron chi connectivity index (χ0n) is 67.0. The standard InChI is InChI=1S/C27H32F3N5O4.C26H31F3N6O3.C23H26F3N5O.C4H7BrO3.H6P5/c1-39-26(38)22(15-36)33-10-8-18(23(37)14-33)13-34-11-9-21-24(34)31-16-32-25(21)35(20-6-7-20)12-17-2-4-19(5-3-17)27(28,29)30;27-26(28,29)18-3-1-16(2-4-18)11-35(19-5-6-19)25-20-8-10-34(24(20)31-15-32-25)12-17-7-9-33(13-22(17)37)21(14-36)23(30)38;24-23(25,26)17-3-1-15(2-4-17)12-31(18-5-6-18)22-19-8-10-30(21(19)28-14-29-22)13-16-7-9-27-11-20(16)32;1-8-4(7)3(5)2-6;1-4-5(2)3/h2-5,9,11,16,18,20,22-23,36-37H,6-8,10,12-15H2,1H3;1-4,8,10,15,17,19,21-22,36-37H,5-7,9,11-14H2,(H2,30,38);1-4,8,10,14,16,18,20,27,32H,5-7,9,11-13H2;3,6H,2H2,1H3;1-3H2/q;;;;-1/t18-,22?,23+;17-,21?,22+;16-,20+;;/m000../s1. The summed E-state index contributed by atoms with van der Waals surface area (Å²) in [6.07, 6.45) is 3.61. The summed E-state index contributed by atoms with van der Waals surface area (Å²) in [5.41, 5.74) is 8.00. The summed E-state index contributed by atoms with van der Waals surface area (Å²) < 4.78 is 132. The second-order valence-electron chi connectivity index (χ2n) is 30.9. The summed E-state index contributed by atoms with van der Waals surface area (Å²) in [5.74, 6) is 0.680. The van der Waals surface area contributed by atoms with Gasteiger partial charge in [0.1, 0.15) is 70.3 Å². The van der Waals surface area contributed by atoms with Crippen molar-refractivity contribution < 1.29 is 94.0 Å². The summed E-state index contributed by atoms with van der Waals surface area (Å²) in [4.78, 5) is 70.4. The first-order valence-electron chi connectivity index (χ1n) is 39.8. The van der Waals surface area contributed by atoms with E-state index in [4.69, 9.17) is 15.6 Å². The van der Waals surface area contributed by atoms with Crippen molar-refractivity contribution in [3.05, 3.63) is 162 Å². The third kappa shape index (κ3) is 25.4. The maximum absolute atomic E-state index is 13.0. The third-order valence-electron chi connectivity index (χ3n) is 22.5. The van der Waals surface area contributed by atoms with Gasteiger partial charge in [-0.2, -0.15) is 39.5 Å². The summed E-state index contributed by atoms with van der Waals surface area (Å²) in [7, 11) is 12.1. The number of likely N-dealkylation sites (tertiary alicyclic amines) is 2. The Bertz CT molecular complexity index is 4890. The zero-order chi connectivity index (χ0) is 87.9. The number of ether oxygens (including phenoxy) is 2. The van der Waals surface area contributed by atoms with E-state index in [0.29, 0.717) is 83.4 Å². The van der Waals surface area contributed by atoms with Gasteiger partial charge in [0.2, 0.25) is 5.91 Å². The molecule has 3 aliphatic heterocycles. The molecule has 0 spiro atoms. The number of nitrogens with zero attached hydrogens (tertiary/aromatic N) is 14. The molecule has 3 saturated heterocycles. The predicted molar refractivity (Wildman–Crippen MR) is 461 cm³/mol. The molecule has 3 aliphatic carbocycles. The number of methoxy groups -OCH3 is 2. The Morgan fingerprint density at radius 1 is 0.516 bits per heavy atom. The molecule has 12 atom stereocenters. The number of primary amides is 1. The molecular weight excluding hydrogens is 1770 g/mol. The Balaban J connectivity index is 0.000000167. The van der Waals surface area contributed by atoms with Gasteiger partial charge in [0, 0.05) is 113 Å². The molecule has 9 N–H and O–H groups in total. The van der Waals surface area contributed by atoms with E-state index in [1.54, 1.807) is 28.3 Å². The number of benzene rings is 3. The van der Waals surface area contributed by atoms with Crippen LogP contribution in [0.3, 0.4) is 0 Å². The number of hydrogen-bond donors (Lipinski definition) is 8. The number of piperidine rings is 3. The molecule has 6 aromatic heterocycles. The largest absolute Gasteiger partial charge is 0.474 e. The van der Waals surface area contributed by atoms with Crippen LogP contribution in [-0.4, -0.2) is 229 Å². The average molecular weight is 1870 g/mol. The number of nitrogens with one attached hydrogen (secondary N) is 1. The van der Waals surface area contributed by atoms with Crippen molar-refractivity contribution in [3.63, 3.8) is 0 Å². The number of halogens is 10. The fraction of sp³-hybridized carbons (Fsp3) is 0.512. The Morgan fingerprint density at radius 2 is 0.844 bits per heavy atom. The molecular formula is C80H102BrF9N16O11P5-. The van der Waals surface area contributed by atoms with E-state index in [1.165, 1.54) is 59.1 Å². The van der Waals surface area contributed by atoms with Crippen molar-refractivity contribution in [3.8, 4) is 0 Å². The molecule has 6 unspecified atom stereocenters. The molecule has 27 nitrogen and oxygen atoms in total. The van der Waals surface area contributed by atoms with Gasteiger partial charge < -0.3 is 87.5 Å². The van der Waals surface area contributed by atoms with Crippen LogP contribution in [0.2, 0.25) is 0 Å². The molecule has 1 amide bonds. The molecule has 15 rings (SSSR count). The van der Waals surface area contributed by atoms with Gasteiger partial charge in [-0.1, -0.05) is 52.3 Å². The molecule has 0 bridgehead atoms.